The van der Waals surface area contributed by atoms with Crippen LogP contribution in [0, 0.1) is 6.92 Å². The number of nitrogens with two attached hydrogens (primary N) is 1. The van der Waals surface area contributed by atoms with Gasteiger partial charge in [-0.15, -0.1) is 0 Å². The number of aromatic nitrogens is 1. The highest BCUT2D eigenvalue weighted by Crippen LogP contribution is 2.05. The summed E-state index contributed by atoms with van der Waals surface area (Å²) in [6.45, 7) is 5.58. The lowest BCUT2D eigenvalue weighted by molar-refractivity contribution is 0.0769. The molecule has 0 unspecified atom stereocenters. The van der Waals surface area contributed by atoms with Gasteiger partial charge in [0, 0.05) is 37.1 Å². The predicted molar refractivity (Wildman–Crippen MR) is 59.6 cm³/mol. The number of aryl methyl sites for hydroxylation is 1. The van der Waals surface area contributed by atoms with Gasteiger partial charge in [-0.3, -0.25) is 9.78 Å². The maximum Gasteiger partial charge on any atom is 0.254 e. The summed E-state index contributed by atoms with van der Waals surface area (Å²) in [6.07, 6.45) is 1.65. The Morgan fingerprint density at radius 2 is 2.33 bits per heavy atom. The molecule has 4 heteroatoms. The van der Waals surface area contributed by atoms with Crippen molar-refractivity contribution >= 4 is 5.91 Å². The fraction of sp³-hybridized carbons (Fsp3) is 0.455. The standard InChI is InChI=1S/C11H17N3O/c1-3-14(7-5-12)11(15)10-4-6-13-9(2)8-10/h4,6,8H,3,5,7,12H2,1-2H3. The zero-order valence-electron chi connectivity index (χ0n) is 9.23. The summed E-state index contributed by atoms with van der Waals surface area (Å²) in [7, 11) is 0. The SMILES string of the molecule is CCN(CCN)C(=O)c1ccnc(C)c1. The lowest BCUT2D eigenvalue weighted by Crippen LogP contribution is -2.35. The van der Waals surface area contributed by atoms with E-state index in [2.05, 4.69) is 4.98 Å². The summed E-state index contributed by atoms with van der Waals surface area (Å²) in [5.41, 5.74) is 6.97. The third kappa shape index (κ3) is 3.02. The van der Waals surface area contributed by atoms with Crippen LogP contribution in [0.15, 0.2) is 18.3 Å². The van der Waals surface area contributed by atoms with Crippen LogP contribution in [0.1, 0.15) is 23.0 Å². The van der Waals surface area contributed by atoms with E-state index < -0.39 is 0 Å². The molecule has 1 rings (SSSR count). The van der Waals surface area contributed by atoms with Gasteiger partial charge in [0.1, 0.15) is 0 Å². The molecule has 0 saturated carbocycles. The lowest BCUT2D eigenvalue weighted by atomic mass is 10.2. The van der Waals surface area contributed by atoms with Crippen LogP contribution in [0.3, 0.4) is 0 Å². The second-order valence-corrected chi connectivity index (χ2v) is 3.36. The van der Waals surface area contributed by atoms with Crippen molar-refractivity contribution in [1.29, 1.82) is 0 Å². The number of carbonyl (C=O) groups excluding carboxylic acids is 1. The van der Waals surface area contributed by atoms with Crippen molar-refractivity contribution in [2.45, 2.75) is 13.8 Å². The highest BCUT2D eigenvalue weighted by molar-refractivity contribution is 5.94. The van der Waals surface area contributed by atoms with Gasteiger partial charge >= 0.3 is 0 Å². The van der Waals surface area contributed by atoms with E-state index >= 15 is 0 Å². The molecule has 0 radical (unpaired) electrons. The average Bonchev–Trinajstić information content (AvgIpc) is 2.25. The summed E-state index contributed by atoms with van der Waals surface area (Å²) >= 11 is 0. The highest BCUT2D eigenvalue weighted by atomic mass is 16.2. The Hall–Kier alpha value is -1.42. The van der Waals surface area contributed by atoms with Crippen LogP contribution in [-0.2, 0) is 0 Å². The molecule has 0 bridgehead atoms. The van der Waals surface area contributed by atoms with E-state index in [1.807, 2.05) is 13.8 Å². The smallest absolute Gasteiger partial charge is 0.254 e. The fourth-order valence-electron chi connectivity index (χ4n) is 1.42. The van der Waals surface area contributed by atoms with Crippen LogP contribution >= 0.6 is 0 Å². The largest absolute Gasteiger partial charge is 0.338 e. The van der Waals surface area contributed by atoms with Gasteiger partial charge in [-0.05, 0) is 26.0 Å². The monoisotopic (exact) mass is 207 g/mol. The number of hydrogen-bond acceptors (Lipinski definition) is 3. The summed E-state index contributed by atoms with van der Waals surface area (Å²) in [6, 6.07) is 3.52. The second-order valence-electron chi connectivity index (χ2n) is 3.36. The Labute approximate surface area is 90.1 Å². The molecule has 0 saturated heterocycles. The van der Waals surface area contributed by atoms with Crippen LogP contribution in [-0.4, -0.2) is 35.4 Å². The zero-order valence-corrected chi connectivity index (χ0v) is 9.23. The van der Waals surface area contributed by atoms with Crippen molar-refractivity contribution in [1.82, 2.24) is 9.88 Å². The molecular weight excluding hydrogens is 190 g/mol. The van der Waals surface area contributed by atoms with E-state index in [1.54, 1.807) is 23.2 Å². The van der Waals surface area contributed by atoms with E-state index in [0.717, 1.165) is 5.69 Å². The van der Waals surface area contributed by atoms with Crippen LogP contribution < -0.4 is 5.73 Å². The van der Waals surface area contributed by atoms with Crippen molar-refractivity contribution in [3.05, 3.63) is 29.6 Å². The number of hydrogen-bond donors (Lipinski definition) is 1. The summed E-state index contributed by atoms with van der Waals surface area (Å²) < 4.78 is 0. The number of carbonyl (C=O) groups is 1. The normalized spacial score (nSPS) is 10.1. The number of pyridine rings is 1. The maximum absolute atomic E-state index is 12.0. The quantitative estimate of drug-likeness (QED) is 0.794. The Balaban J connectivity index is 2.82. The Bertz CT molecular complexity index is 338. The van der Waals surface area contributed by atoms with Gasteiger partial charge in [-0.2, -0.15) is 0 Å². The first kappa shape index (κ1) is 11.7. The van der Waals surface area contributed by atoms with Crippen molar-refractivity contribution < 1.29 is 4.79 Å². The molecule has 1 heterocycles. The first-order valence-electron chi connectivity index (χ1n) is 5.11. The van der Waals surface area contributed by atoms with Crippen LogP contribution in [0.25, 0.3) is 0 Å². The molecular formula is C11H17N3O. The van der Waals surface area contributed by atoms with Gasteiger partial charge in [0.2, 0.25) is 0 Å². The predicted octanol–water partition coefficient (Wildman–Crippen LogP) is 0.811. The minimum Gasteiger partial charge on any atom is -0.338 e. The third-order valence-electron chi connectivity index (χ3n) is 2.21. The van der Waals surface area contributed by atoms with E-state index in [4.69, 9.17) is 5.73 Å². The van der Waals surface area contributed by atoms with Crippen molar-refractivity contribution in [3.8, 4) is 0 Å². The minimum absolute atomic E-state index is 0.0217. The minimum atomic E-state index is 0.0217. The van der Waals surface area contributed by atoms with E-state index in [-0.39, 0.29) is 5.91 Å². The Morgan fingerprint density at radius 3 is 2.87 bits per heavy atom. The first-order chi connectivity index (χ1) is 7.19. The number of likely N-dealkylation sites (N-methyl/N-ethyl adjacent to an activating group) is 1. The number of amides is 1. The van der Waals surface area contributed by atoms with Gasteiger partial charge in [-0.1, -0.05) is 0 Å². The molecule has 0 aliphatic heterocycles. The van der Waals surface area contributed by atoms with Gasteiger partial charge in [0.15, 0.2) is 0 Å². The maximum atomic E-state index is 12.0. The van der Waals surface area contributed by atoms with Crippen molar-refractivity contribution in [2.75, 3.05) is 19.6 Å². The zero-order chi connectivity index (χ0) is 11.3. The third-order valence-corrected chi connectivity index (χ3v) is 2.21. The molecule has 1 aromatic rings. The molecule has 82 valence electrons. The molecule has 0 spiro atoms. The second kappa shape index (κ2) is 5.46. The molecule has 0 aromatic carbocycles. The fourth-order valence-corrected chi connectivity index (χ4v) is 1.42. The summed E-state index contributed by atoms with van der Waals surface area (Å²) in [5.74, 6) is 0.0217. The van der Waals surface area contributed by atoms with Crippen molar-refractivity contribution in [3.63, 3.8) is 0 Å². The molecule has 15 heavy (non-hydrogen) atoms. The van der Waals surface area contributed by atoms with E-state index in [0.29, 0.717) is 25.2 Å². The Kier molecular flexibility index (Phi) is 4.24. The van der Waals surface area contributed by atoms with Gasteiger partial charge in [0.25, 0.3) is 5.91 Å². The molecule has 0 aliphatic rings. The van der Waals surface area contributed by atoms with Gasteiger partial charge in [-0.25, -0.2) is 0 Å². The molecule has 0 fully saturated rings. The molecule has 1 amide bonds. The number of nitrogens with zero attached hydrogens (tertiary/aromatic N) is 2. The topological polar surface area (TPSA) is 59.2 Å². The summed E-state index contributed by atoms with van der Waals surface area (Å²) in [4.78, 5) is 17.7. The molecule has 0 aliphatic carbocycles. The van der Waals surface area contributed by atoms with E-state index in [1.165, 1.54) is 0 Å². The summed E-state index contributed by atoms with van der Waals surface area (Å²) in [5, 5.41) is 0. The first-order valence-corrected chi connectivity index (χ1v) is 5.11. The van der Waals surface area contributed by atoms with E-state index in [9.17, 15) is 4.79 Å². The average molecular weight is 207 g/mol. The van der Waals surface area contributed by atoms with Gasteiger partial charge in [0.05, 0.1) is 0 Å². The molecule has 0 atom stereocenters. The van der Waals surface area contributed by atoms with Crippen LogP contribution in [0.5, 0.6) is 0 Å². The number of rotatable bonds is 4. The molecule has 2 N–H and O–H groups in total. The van der Waals surface area contributed by atoms with Crippen LogP contribution in [0.2, 0.25) is 0 Å². The van der Waals surface area contributed by atoms with Crippen molar-refractivity contribution in [2.24, 2.45) is 5.73 Å². The van der Waals surface area contributed by atoms with Crippen LogP contribution in [0.4, 0.5) is 0 Å². The Morgan fingerprint density at radius 1 is 1.60 bits per heavy atom. The lowest BCUT2D eigenvalue weighted by Gasteiger charge is -2.19. The van der Waals surface area contributed by atoms with Gasteiger partial charge < -0.3 is 10.6 Å². The highest BCUT2D eigenvalue weighted by Gasteiger charge is 2.12. The molecule has 1 aromatic heterocycles. The molecule has 4 nitrogen and oxygen atoms in total.